The van der Waals surface area contributed by atoms with Gasteiger partial charge in [-0.3, -0.25) is 4.99 Å². The van der Waals surface area contributed by atoms with E-state index in [1.54, 1.807) is 14.2 Å². The lowest BCUT2D eigenvalue weighted by Gasteiger charge is -2.42. The molecule has 1 aliphatic carbocycles. The molecule has 0 heterocycles. The molecule has 0 atom stereocenters. The van der Waals surface area contributed by atoms with E-state index in [9.17, 15) is 4.39 Å². The first-order chi connectivity index (χ1) is 11.2. The number of halogens is 2. The molecule has 0 saturated heterocycles. The lowest BCUT2D eigenvalue weighted by atomic mass is 9.67. The van der Waals surface area contributed by atoms with E-state index in [-0.39, 0.29) is 29.8 Å². The Balaban J connectivity index is 0.00000288. The first-order valence-corrected chi connectivity index (χ1v) is 8.35. The second-order valence-electron chi connectivity index (χ2n) is 6.33. The Morgan fingerprint density at radius 1 is 1.25 bits per heavy atom. The average Bonchev–Trinajstić information content (AvgIpc) is 2.53. The van der Waals surface area contributed by atoms with Gasteiger partial charge in [0.15, 0.2) is 5.96 Å². The second kappa shape index (κ2) is 10.9. The zero-order chi connectivity index (χ0) is 16.5. The molecule has 0 radical (unpaired) electrons. The molecule has 2 N–H and O–H groups in total. The Morgan fingerprint density at radius 3 is 2.50 bits per heavy atom. The molecule has 1 fully saturated rings. The fourth-order valence-corrected chi connectivity index (χ4v) is 2.98. The first kappa shape index (κ1) is 21.2. The summed E-state index contributed by atoms with van der Waals surface area (Å²) in [5, 5.41) is 6.76. The van der Waals surface area contributed by atoms with Crippen LogP contribution in [0.1, 0.15) is 31.2 Å². The lowest BCUT2D eigenvalue weighted by molar-refractivity contribution is 0.0732. The Labute approximate surface area is 161 Å². The van der Waals surface area contributed by atoms with Crippen molar-refractivity contribution in [2.45, 2.75) is 32.1 Å². The first-order valence-electron chi connectivity index (χ1n) is 8.35. The molecular weight excluding hydrogens is 420 g/mol. The fourth-order valence-electron chi connectivity index (χ4n) is 2.98. The number of benzene rings is 1. The maximum absolute atomic E-state index is 12.9. The van der Waals surface area contributed by atoms with Gasteiger partial charge in [0.2, 0.25) is 0 Å². The van der Waals surface area contributed by atoms with Crippen molar-refractivity contribution in [1.82, 2.24) is 10.6 Å². The van der Waals surface area contributed by atoms with E-state index in [4.69, 9.17) is 4.74 Å². The van der Waals surface area contributed by atoms with Crippen LogP contribution < -0.4 is 10.6 Å². The van der Waals surface area contributed by atoms with Gasteiger partial charge in [0.25, 0.3) is 0 Å². The molecule has 2 rings (SSSR count). The van der Waals surface area contributed by atoms with Crippen molar-refractivity contribution in [3.8, 4) is 0 Å². The summed E-state index contributed by atoms with van der Waals surface area (Å²) in [4.78, 5) is 4.28. The van der Waals surface area contributed by atoms with Gasteiger partial charge in [-0.05, 0) is 48.8 Å². The molecule has 4 nitrogen and oxygen atoms in total. The summed E-state index contributed by atoms with van der Waals surface area (Å²) >= 11 is 0. The molecule has 0 spiro atoms. The molecule has 6 heteroatoms. The third-order valence-electron chi connectivity index (χ3n) is 4.72. The second-order valence-corrected chi connectivity index (χ2v) is 6.33. The number of methoxy groups -OCH3 is 1. The molecule has 0 aromatic heterocycles. The summed E-state index contributed by atoms with van der Waals surface area (Å²) in [7, 11) is 3.55. The molecule has 1 aromatic rings. The number of hydrogen-bond donors (Lipinski definition) is 2. The van der Waals surface area contributed by atoms with E-state index < -0.39 is 0 Å². The topological polar surface area (TPSA) is 45.7 Å². The third-order valence-corrected chi connectivity index (χ3v) is 4.72. The molecule has 0 amide bonds. The number of aliphatic imine (C=N–C) groups is 1. The van der Waals surface area contributed by atoms with Crippen LogP contribution in [0.2, 0.25) is 0 Å². The van der Waals surface area contributed by atoms with E-state index in [1.165, 1.54) is 31.4 Å². The van der Waals surface area contributed by atoms with Crippen molar-refractivity contribution in [3.63, 3.8) is 0 Å². The van der Waals surface area contributed by atoms with Crippen LogP contribution in [0.15, 0.2) is 29.3 Å². The van der Waals surface area contributed by atoms with Crippen LogP contribution in [0.3, 0.4) is 0 Å². The number of hydrogen-bond acceptors (Lipinski definition) is 2. The number of guanidine groups is 1. The van der Waals surface area contributed by atoms with Crippen molar-refractivity contribution in [2.75, 3.05) is 33.9 Å². The summed E-state index contributed by atoms with van der Waals surface area (Å²) in [6, 6.07) is 6.64. The predicted molar refractivity (Wildman–Crippen MR) is 108 cm³/mol. The zero-order valence-electron chi connectivity index (χ0n) is 14.6. The highest BCUT2D eigenvalue weighted by atomic mass is 127. The Morgan fingerprint density at radius 2 is 1.96 bits per heavy atom. The van der Waals surface area contributed by atoms with E-state index in [0.29, 0.717) is 5.41 Å². The van der Waals surface area contributed by atoms with Crippen molar-refractivity contribution in [3.05, 3.63) is 35.6 Å². The Kier molecular flexibility index (Phi) is 9.58. The SMILES string of the molecule is CN=C(NCCc1ccc(F)cc1)NCC1(CCOC)CCC1.I. The van der Waals surface area contributed by atoms with Crippen LogP contribution in [-0.4, -0.2) is 39.8 Å². The summed E-state index contributed by atoms with van der Waals surface area (Å²) < 4.78 is 18.1. The Bertz CT molecular complexity index is 503. The van der Waals surface area contributed by atoms with Crippen LogP contribution in [0.4, 0.5) is 4.39 Å². The largest absolute Gasteiger partial charge is 0.385 e. The van der Waals surface area contributed by atoms with Crippen LogP contribution in [0.25, 0.3) is 0 Å². The highest BCUT2D eigenvalue weighted by molar-refractivity contribution is 14.0. The van der Waals surface area contributed by atoms with Gasteiger partial charge < -0.3 is 15.4 Å². The van der Waals surface area contributed by atoms with Gasteiger partial charge in [-0.1, -0.05) is 18.6 Å². The highest BCUT2D eigenvalue weighted by Crippen LogP contribution is 2.43. The minimum Gasteiger partial charge on any atom is -0.385 e. The van der Waals surface area contributed by atoms with Gasteiger partial charge in [0.05, 0.1) is 0 Å². The van der Waals surface area contributed by atoms with Gasteiger partial charge in [-0.15, -0.1) is 24.0 Å². The van der Waals surface area contributed by atoms with Crippen molar-refractivity contribution < 1.29 is 9.13 Å². The third kappa shape index (κ3) is 6.55. The van der Waals surface area contributed by atoms with Crippen molar-refractivity contribution >= 4 is 29.9 Å². The molecule has 1 aromatic carbocycles. The monoisotopic (exact) mass is 449 g/mol. The van der Waals surface area contributed by atoms with Crippen molar-refractivity contribution in [2.24, 2.45) is 10.4 Å². The number of nitrogens with one attached hydrogen (secondary N) is 2. The van der Waals surface area contributed by atoms with Crippen LogP contribution in [0.5, 0.6) is 0 Å². The maximum Gasteiger partial charge on any atom is 0.191 e. The normalized spacial score (nSPS) is 16.0. The standard InChI is InChI=1S/C18H28FN3O.HI/c1-20-17(21-12-8-15-4-6-16(19)7-5-15)22-14-18(9-3-10-18)11-13-23-2;/h4-7H,3,8-14H2,1-2H3,(H2,20,21,22);1H. The van der Waals surface area contributed by atoms with E-state index in [0.717, 1.165) is 44.1 Å². The van der Waals surface area contributed by atoms with E-state index >= 15 is 0 Å². The molecule has 0 unspecified atom stereocenters. The van der Waals surface area contributed by atoms with Gasteiger partial charge in [-0.2, -0.15) is 0 Å². The minimum absolute atomic E-state index is 0. The smallest absolute Gasteiger partial charge is 0.191 e. The summed E-state index contributed by atoms with van der Waals surface area (Å²) in [5.74, 6) is 0.636. The summed E-state index contributed by atoms with van der Waals surface area (Å²) in [6.07, 6.45) is 5.77. The van der Waals surface area contributed by atoms with Gasteiger partial charge in [-0.25, -0.2) is 4.39 Å². The zero-order valence-corrected chi connectivity index (χ0v) is 16.9. The highest BCUT2D eigenvalue weighted by Gasteiger charge is 2.36. The molecular formula is C18H29FIN3O. The van der Waals surface area contributed by atoms with Gasteiger partial charge >= 0.3 is 0 Å². The summed E-state index contributed by atoms with van der Waals surface area (Å²) in [5.41, 5.74) is 1.48. The molecule has 0 aliphatic heterocycles. The molecule has 136 valence electrons. The minimum atomic E-state index is -0.193. The molecule has 0 bridgehead atoms. The van der Waals surface area contributed by atoms with Crippen LogP contribution in [-0.2, 0) is 11.2 Å². The average molecular weight is 449 g/mol. The quantitative estimate of drug-likeness (QED) is 0.364. The lowest BCUT2D eigenvalue weighted by Crippen LogP contribution is -2.47. The maximum atomic E-state index is 12.9. The number of rotatable bonds is 8. The van der Waals surface area contributed by atoms with E-state index in [2.05, 4.69) is 15.6 Å². The molecule has 1 saturated carbocycles. The molecule has 1 aliphatic rings. The predicted octanol–water partition coefficient (Wildman–Crippen LogP) is 3.36. The summed E-state index contributed by atoms with van der Waals surface area (Å²) in [6.45, 7) is 2.53. The van der Waals surface area contributed by atoms with Crippen LogP contribution >= 0.6 is 24.0 Å². The molecule has 24 heavy (non-hydrogen) atoms. The fraction of sp³-hybridized carbons (Fsp3) is 0.611. The van der Waals surface area contributed by atoms with Gasteiger partial charge in [0.1, 0.15) is 5.82 Å². The number of ether oxygens (including phenoxy) is 1. The van der Waals surface area contributed by atoms with E-state index in [1.807, 2.05) is 12.1 Å². The van der Waals surface area contributed by atoms with Crippen LogP contribution in [0, 0.1) is 11.2 Å². The van der Waals surface area contributed by atoms with Crippen molar-refractivity contribution in [1.29, 1.82) is 0 Å². The Hall–Kier alpha value is -0.890. The van der Waals surface area contributed by atoms with Gasteiger partial charge in [0, 0.05) is 33.9 Å². The number of nitrogens with zero attached hydrogens (tertiary/aromatic N) is 1.